The summed E-state index contributed by atoms with van der Waals surface area (Å²) >= 11 is 12.2. The highest BCUT2D eigenvalue weighted by Gasteiger charge is 2.15. The van der Waals surface area contributed by atoms with Gasteiger partial charge in [0.05, 0.1) is 5.52 Å². The fraction of sp³-hybridized carbons (Fsp3) is 0. The topological polar surface area (TPSA) is 43.1 Å². The van der Waals surface area contributed by atoms with Crippen molar-refractivity contribution in [1.82, 2.24) is 19.8 Å². The predicted octanol–water partition coefficient (Wildman–Crippen LogP) is 4.39. The van der Waals surface area contributed by atoms with Crippen molar-refractivity contribution in [3.63, 3.8) is 0 Å². The second-order valence-electron chi connectivity index (χ2n) is 4.75. The second kappa shape index (κ2) is 4.90. The van der Waals surface area contributed by atoms with Crippen LogP contribution in [0.5, 0.6) is 0 Å². The highest BCUT2D eigenvalue weighted by molar-refractivity contribution is 6.36. The first-order chi connectivity index (χ1) is 10.6. The van der Waals surface area contributed by atoms with E-state index in [9.17, 15) is 4.39 Å². The zero-order valence-electron chi connectivity index (χ0n) is 11.0. The lowest BCUT2D eigenvalue weighted by Crippen LogP contribution is -1.94. The maximum atomic E-state index is 13.4. The molecule has 22 heavy (non-hydrogen) atoms. The molecule has 2 heterocycles. The highest BCUT2D eigenvalue weighted by atomic mass is 35.5. The van der Waals surface area contributed by atoms with Crippen molar-refractivity contribution in [2.45, 2.75) is 0 Å². The van der Waals surface area contributed by atoms with Crippen LogP contribution in [0.15, 0.2) is 42.5 Å². The molecule has 0 fully saturated rings. The maximum absolute atomic E-state index is 13.4. The summed E-state index contributed by atoms with van der Waals surface area (Å²) in [5.74, 6) is -0.350. The third-order valence-electron chi connectivity index (χ3n) is 3.36. The van der Waals surface area contributed by atoms with E-state index in [0.29, 0.717) is 32.5 Å². The van der Waals surface area contributed by atoms with Crippen LogP contribution in [0, 0.1) is 5.82 Å². The molecule has 0 N–H and O–H groups in total. The van der Waals surface area contributed by atoms with Gasteiger partial charge in [-0.3, -0.25) is 0 Å². The van der Waals surface area contributed by atoms with Gasteiger partial charge in [0.2, 0.25) is 0 Å². The van der Waals surface area contributed by atoms with Gasteiger partial charge in [-0.15, -0.1) is 5.10 Å². The van der Waals surface area contributed by atoms with Crippen molar-refractivity contribution < 1.29 is 4.39 Å². The van der Waals surface area contributed by atoms with Gasteiger partial charge in [-0.1, -0.05) is 40.5 Å². The van der Waals surface area contributed by atoms with E-state index in [-0.39, 0.29) is 5.82 Å². The van der Waals surface area contributed by atoms with Crippen LogP contribution in [-0.4, -0.2) is 19.8 Å². The summed E-state index contributed by atoms with van der Waals surface area (Å²) in [4.78, 5) is 4.33. The van der Waals surface area contributed by atoms with Gasteiger partial charge >= 0.3 is 0 Å². The Morgan fingerprint density at radius 1 is 1.05 bits per heavy atom. The van der Waals surface area contributed by atoms with E-state index >= 15 is 0 Å². The number of fused-ring (bicyclic) bond motifs is 3. The zero-order valence-corrected chi connectivity index (χ0v) is 12.5. The van der Waals surface area contributed by atoms with Gasteiger partial charge in [0, 0.05) is 16.0 Å². The molecule has 7 heteroatoms. The van der Waals surface area contributed by atoms with Crippen molar-refractivity contribution in [1.29, 1.82) is 0 Å². The van der Waals surface area contributed by atoms with Gasteiger partial charge in [0.25, 0.3) is 0 Å². The molecular formula is C15H7Cl2FN4. The van der Waals surface area contributed by atoms with E-state index in [1.165, 1.54) is 12.1 Å². The largest absolute Gasteiger partial charge is 0.214 e. The molecule has 108 valence electrons. The van der Waals surface area contributed by atoms with Crippen LogP contribution in [0.25, 0.3) is 27.8 Å². The summed E-state index contributed by atoms with van der Waals surface area (Å²) in [6, 6.07) is 11.4. The summed E-state index contributed by atoms with van der Waals surface area (Å²) in [5, 5.41) is 9.75. The molecule has 0 saturated heterocycles. The van der Waals surface area contributed by atoms with E-state index in [1.807, 2.05) is 0 Å². The first kappa shape index (κ1) is 13.4. The van der Waals surface area contributed by atoms with Gasteiger partial charge in [0.1, 0.15) is 16.7 Å². The lowest BCUT2D eigenvalue weighted by atomic mass is 10.1. The van der Waals surface area contributed by atoms with E-state index in [1.54, 1.807) is 34.8 Å². The number of hydrogen-bond acceptors (Lipinski definition) is 3. The van der Waals surface area contributed by atoms with Crippen molar-refractivity contribution >= 4 is 39.8 Å². The Hall–Kier alpha value is -2.24. The molecule has 0 spiro atoms. The lowest BCUT2D eigenvalue weighted by molar-refractivity contribution is 0.628. The molecule has 4 nitrogen and oxygen atoms in total. The van der Waals surface area contributed by atoms with Crippen LogP contribution in [-0.2, 0) is 0 Å². The van der Waals surface area contributed by atoms with E-state index < -0.39 is 0 Å². The molecular weight excluding hydrogens is 326 g/mol. The number of aromatic nitrogens is 4. The first-order valence-electron chi connectivity index (χ1n) is 6.39. The lowest BCUT2D eigenvalue weighted by Gasteiger charge is -2.04. The molecule has 2 aromatic carbocycles. The monoisotopic (exact) mass is 332 g/mol. The first-order valence-corrected chi connectivity index (χ1v) is 7.15. The molecule has 0 bridgehead atoms. The van der Waals surface area contributed by atoms with Gasteiger partial charge < -0.3 is 0 Å². The smallest absolute Gasteiger partial charge is 0.185 e. The van der Waals surface area contributed by atoms with Crippen LogP contribution in [0.1, 0.15) is 0 Å². The number of halogens is 3. The van der Waals surface area contributed by atoms with Crippen LogP contribution < -0.4 is 0 Å². The third kappa shape index (κ3) is 2.01. The van der Waals surface area contributed by atoms with Crippen molar-refractivity contribution in [2.24, 2.45) is 0 Å². The molecule has 0 radical (unpaired) electrons. The van der Waals surface area contributed by atoms with Crippen molar-refractivity contribution in [3.8, 4) is 11.3 Å². The minimum Gasteiger partial charge on any atom is -0.214 e. The predicted molar refractivity (Wildman–Crippen MR) is 83.7 cm³/mol. The fourth-order valence-corrected chi connectivity index (χ4v) is 2.78. The summed E-state index contributed by atoms with van der Waals surface area (Å²) in [5.41, 5.74) is 2.25. The molecule has 0 unspecified atom stereocenters. The Labute approximate surface area is 134 Å². The van der Waals surface area contributed by atoms with Gasteiger partial charge in [0.15, 0.2) is 5.65 Å². The highest BCUT2D eigenvalue weighted by Crippen LogP contribution is 2.29. The van der Waals surface area contributed by atoms with Crippen LogP contribution >= 0.6 is 23.2 Å². The fourth-order valence-electron chi connectivity index (χ4n) is 2.37. The van der Waals surface area contributed by atoms with Gasteiger partial charge in [-0.05, 0) is 30.3 Å². The average molecular weight is 333 g/mol. The quantitative estimate of drug-likeness (QED) is 0.485. The Bertz CT molecular complexity index is 1030. The van der Waals surface area contributed by atoms with Crippen LogP contribution in [0.3, 0.4) is 0 Å². The van der Waals surface area contributed by atoms with Crippen LogP contribution in [0.2, 0.25) is 10.2 Å². The number of rotatable bonds is 1. The van der Waals surface area contributed by atoms with E-state index in [0.717, 1.165) is 5.52 Å². The molecule has 0 saturated carbocycles. The summed E-state index contributed by atoms with van der Waals surface area (Å²) < 4.78 is 15.0. The maximum Gasteiger partial charge on any atom is 0.185 e. The molecule has 0 amide bonds. The molecule has 0 atom stereocenters. The molecule has 2 aromatic heterocycles. The van der Waals surface area contributed by atoms with E-state index in [2.05, 4.69) is 15.3 Å². The minimum absolute atomic E-state index is 0.296. The molecule has 4 aromatic rings. The number of hydrogen-bond donors (Lipinski definition) is 0. The zero-order chi connectivity index (χ0) is 15.3. The van der Waals surface area contributed by atoms with Crippen molar-refractivity contribution in [2.75, 3.05) is 0 Å². The summed E-state index contributed by atoms with van der Waals surface area (Å²) in [6.07, 6.45) is 0. The Kier molecular flexibility index (Phi) is 2.99. The van der Waals surface area contributed by atoms with Crippen molar-refractivity contribution in [3.05, 3.63) is 58.5 Å². The second-order valence-corrected chi connectivity index (χ2v) is 5.54. The summed E-state index contributed by atoms with van der Waals surface area (Å²) in [7, 11) is 0. The molecule has 0 aliphatic rings. The Balaban J connectivity index is 2.08. The molecule has 0 aliphatic carbocycles. The van der Waals surface area contributed by atoms with E-state index in [4.69, 9.17) is 23.2 Å². The average Bonchev–Trinajstić information content (AvgIpc) is 2.91. The van der Waals surface area contributed by atoms with Gasteiger partial charge in [-0.25, -0.2) is 9.37 Å². The minimum atomic E-state index is -0.350. The van der Waals surface area contributed by atoms with Crippen LogP contribution in [0.4, 0.5) is 4.39 Å². The number of benzene rings is 2. The third-order valence-corrected chi connectivity index (χ3v) is 3.88. The molecule has 4 rings (SSSR count). The van der Waals surface area contributed by atoms with Gasteiger partial charge in [-0.2, -0.15) is 4.52 Å². The molecule has 0 aliphatic heterocycles. The number of nitrogens with zero attached hydrogens (tertiary/aromatic N) is 4. The Morgan fingerprint density at radius 2 is 1.91 bits per heavy atom. The summed E-state index contributed by atoms with van der Waals surface area (Å²) in [6.45, 7) is 0. The normalized spacial score (nSPS) is 11.4. The SMILES string of the molecule is Fc1cccc(-c2nnn3c2nc(Cl)c2cc(Cl)ccc23)c1. The Morgan fingerprint density at radius 3 is 2.73 bits per heavy atom. The standard InChI is InChI=1S/C15H7Cl2FN4/c16-9-4-5-12-11(7-9)14(17)19-15-13(20-21-22(12)15)8-2-1-3-10(18)6-8/h1-7H.